The Kier molecular flexibility index (Phi) is 4.90. The maximum atomic E-state index is 12.9. The number of carbonyl (C=O) groups excluding carboxylic acids is 1. The van der Waals surface area contributed by atoms with Crippen LogP contribution >= 0.6 is 11.6 Å². The maximum Gasteiger partial charge on any atom is 0.258 e. The van der Waals surface area contributed by atoms with Crippen LogP contribution in [0.1, 0.15) is 15.9 Å². The van der Waals surface area contributed by atoms with Crippen molar-refractivity contribution < 1.29 is 9.18 Å². The first-order valence-corrected chi connectivity index (χ1v) is 7.81. The summed E-state index contributed by atoms with van der Waals surface area (Å²) in [5, 5.41) is 6.30. The molecule has 126 valence electrons. The number of amides is 1. The average Bonchev–Trinajstić information content (AvgIpc) is 2.61. The van der Waals surface area contributed by atoms with Gasteiger partial charge in [0.05, 0.1) is 5.56 Å². The first-order chi connectivity index (χ1) is 12.0. The Balaban J connectivity index is 1.67. The van der Waals surface area contributed by atoms with Crippen molar-refractivity contribution >= 4 is 34.8 Å². The Morgan fingerprint density at radius 1 is 1.04 bits per heavy atom. The van der Waals surface area contributed by atoms with Crippen LogP contribution in [0.5, 0.6) is 0 Å². The minimum absolute atomic E-state index is 0.289. The van der Waals surface area contributed by atoms with Gasteiger partial charge in [0.1, 0.15) is 5.82 Å². The number of rotatable bonds is 4. The van der Waals surface area contributed by atoms with Crippen molar-refractivity contribution in [1.82, 2.24) is 9.97 Å². The van der Waals surface area contributed by atoms with Gasteiger partial charge in [0.25, 0.3) is 5.91 Å². The molecule has 3 aromatic rings. The Bertz CT molecular complexity index is 898. The lowest BCUT2D eigenvalue weighted by atomic mass is 10.2. The number of nitrogens with one attached hydrogen (secondary N) is 2. The SMILES string of the molecule is Cc1ccc(Nc2ncc(C(=O)Nc3ccc(F)cc3)cn2)cc1Cl. The molecular formula is C18H14ClFN4O. The molecule has 7 heteroatoms. The van der Waals surface area contributed by atoms with Crippen molar-refractivity contribution in [3.8, 4) is 0 Å². The predicted octanol–water partition coefficient (Wildman–Crippen LogP) is 4.57. The number of halogens is 2. The summed E-state index contributed by atoms with van der Waals surface area (Å²) in [7, 11) is 0. The summed E-state index contributed by atoms with van der Waals surface area (Å²) >= 11 is 6.08. The minimum atomic E-state index is -0.378. The van der Waals surface area contributed by atoms with Gasteiger partial charge >= 0.3 is 0 Å². The molecule has 0 atom stereocenters. The standard InChI is InChI=1S/C18H14ClFN4O/c1-11-2-5-15(8-16(11)19)24-18-21-9-12(10-22-18)17(25)23-14-6-3-13(20)4-7-14/h2-10H,1H3,(H,23,25)(H,21,22,24). The summed E-state index contributed by atoms with van der Waals surface area (Å²) in [6.07, 6.45) is 2.81. The van der Waals surface area contributed by atoms with E-state index in [4.69, 9.17) is 11.6 Å². The molecule has 1 aromatic heterocycles. The van der Waals surface area contributed by atoms with E-state index in [0.29, 0.717) is 16.7 Å². The van der Waals surface area contributed by atoms with E-state index in [9.17, 15) is 9.18 Å². The van der Waals surface area contributed by atoms with Crippen molar-refractivity contribution in [1.29, 1.82) is 0 Å². The lowest BCUT2D eigenvalue weighted by Gasteiger charge is -2.08. The molecule has 2 N–H and O–H groups in total. The molecule has 3 rings (SSSR count). The summed E-state index contributed by atoms with van der Waals surface area (Å²) in [6.45, 7) is 1.91. The van der Waals surface area contributed by atoms with Gasteiger partial charge in [-0.3, -0.25) is 4.79 Å². The predicted molar refractivity (Wildman–Crippen MR) is 95.9 cm³/mol. The normalized spacial score (nSPS) is 10.4. The van der Waals surface area contributed by atoms with Crippen molar-refractivity contribution in [3.05, 3.63) is 76.8 Å². The number of hydrogen-bond acceptors (Lipinski definition) is 4. The third kappa shape index (κ3) is 4.30. The fraction of sp³-hybridized carbons (Fsp3) is 0.0556. The molecule has 0 fully saturated rings. The van der Waals surface area contributed by atoms with E-state index in [-0.39, 0.29) is 17.3 Å². The Morgan fingerprint density at radius 2 is 1.68 bits per heavy atom. The van der Waals surface area contributed by atoms with E-state index >= 15 is 0 Å². The smallest absolute Gasteiger partial charge is 0.258 e. The molecule has 0 saturated heterocycles. The summed E-state index contributed by atoms with van der Waals surface area (Å²) < 4.78 is 12.9. The number of aryl methyl sites for hydroxylation is 1. The topological polar surface area (TPSA) is 66.9 Å². The van der Waals surface area contributed by atoms with Gasteiger partial charge in [-0.05, 0) is 48.9 Å². The molecule has 0 aliphatic rings. The Morgan fingerprint density at radius 3 is 2.32 bits per heavy atom. The maximum absolute atomic E-state index is 12.9. The van der Waals surface area contributed by atoms with Gasteiger partial charge in [-0.2, -0.15) is 0 Å². The van der Waals surface area contributed by atoms with Crippen molar-refractivity contribution in [2.75, 3.05) is 10.6 Å². The average molecular weight is 357 g/mol. The van der Waals surface area contributed by atoms with Crippen LogP contribution < -0.4 is 10.6 Å². The third-order valence-electron chi connectivity index (χ3n) is 3.44. The highest BCUT2D eigenvalue weighted by atomic mass is 35.5. The molecule has 1 amide bonds. The summed E-state index contributed by atoms with van der Waals surface area (Å²) in [5.41, 5.74) is 2.50. The second kappa shape index (κ2) is 7.27. The zero-order chi connectivity index (χ0) is 17.8. The Hall–Kier alpha value is -2.99. The summed E-state index contributed by atoms with van der Waals surface area (Å²) in [5.74, 6) is -0.400. The van der Waals surface area contributed by atoms with E-state index in [2.05, 4.69) is 20.6 Å². The fourth-order valence-corrected chi connectivity index (χ4v) is 2.23. The molecule has 0 radical (unpaired) electrons. The molecule has 25 heavy (non-hydrogen) atoms. The molecule has 0 saturated carbocycles. The van der Waals surface area contributed by atoms with Crippen LogP contribution in [-0.2, 0) is 0 Å². The van der Waals surface area contributed by atoms with Gasteiger partial charge in [-0.15, -0.1) is 0 Å². The van der Waals surface area contributed by atoms with Gasteiger partial charge in [-0.25, -0.2) is 14.4 Å². The van der Waals surface area contributed by atoms with E-state index in [0.717, 1.165) is 11.3 Å². The lowest BCUT2D eigenvalue weighted by Crippen LogP contribution is -2.13. The van der Waals surface area contributed by atoms with Gasteiger partial charge in [0, 0.05) is 28.8 Å². The number of benzene rings is 2. The molecule has 1 heterocycles. The van der Waals surface area contributed by atoms with Gasteiger partial charge < -0.3 is 10.6 Å². The summed E-state index contributed by atoms with van der Waals surface area (Å²) in [4.78, 5) is 20.4. The third-order valence-corrected chi connectivity index (χ3v) is 3.85. The Labute approximate surface area is 148 Å². The number of carbonyl (C=O) groups is 1. The molecule has 2 aromatic carbocycles. The molecule has 0 aliphatic carbocycles. The molecule has 0 bridgehead atoms. The zero-order valence-corrected chi connectivity index (χ0v) is 14.0. The first kappa shape index (κ1) is 16.9. The van der Waals surface area contributed by atoms with Crippen LogP contribution in [0.15, 0.2) is 54.9 Å². The quantitative estimate of drug-likeness (QED) is 0.718. The van der Waals surface area contributed by atoms with Crippen molar-refractivity contribution in [3.63, 3.8) is 0 Å². The van der Waals surface area contributed by atoms with E-state index < -0.39 is 0 Å². The fourth-order valence-electron chi connectivity index (χ4n) is 2.05. The van der Waals surface area contributed by atoms with E-state index in [1.54, 1.807) is 6.07 Å². The molecule has 0 spiro atoms. The van der Waals surface area contributed by atoms with Crippen molar-refractivity contribution in [2.45, 2.75) is 6.92 Å². The molecular weight excluding hydrogens is 343 g/mol. The summed E-state index contributed by atoms with van der Waals surface area (Å²) in [6, 6.07) is 11.0. The van der Waals surface area contributed by atoms with Crippen LogP contribution in [0, 0.1) is 12.7 Å². The van der Waals surface area contributed by atoms with Gasteiger partial charge in [0.2, 0.25) is 5.95 Å². The number of aromatic nitrogens is 2. The van der Waals surface area contributed by atoms with Crippen LogP contribution in [0.2, 0.25) is 5.02 Å². The van der Waals surface area contributed by atoms with Crippen LogP contribution in [0.3, 0.4) is 0 Å². The lowest BCUT2D eigenvalue weighted by molar-refractivity contribution is 0.102. The van der Waals surface area contributed by atoms with Crippen LogP contribution in [0.25, 0.3) is 0 Å². The van der Waals surface area contributed by atoms with Crippen LogP contribution in [0.4, 0.5) is 21.7 Å². The zero-order valence-electron chi connectivity index (χ0n) is 13.3. The second-order valence-electron chi connectivity index (χ2n) is 5.35. The largest absolute Gasteiger partial charge is 0.324 e. The molecule has 5 nitrogen and oxygen atoms in total. The molecule has 0 unspecified atom stereocenters. The van der Waals surface area contributed by atoms with E-state index in [1.165, 1.54) is 36.7 Å². The second-order valence-corrected chi connectivity index (χ2v) is 5.75. The first-order valence-electron chi connectivity index (χ1n) is 7.43. The van der Waals surface area contributed by atoms with E-state index in [1.807, 2.05) is 19.1 Å². The number of anilines is 3. The monoisotopic (exact) mass is 356 g/mol. The number of nitrogens with zero attached hydrogens (tertiary/aromatic N) is 2. The minimum Gasteiger partial charge on any atom is -0.324 e. The van der Waals surface area contributed by atoms with Crippen molar-refractivity contribution in [2.24, 2.45) is 0 Å². The van der Waals surface area contributed by atoms with Gasteiger partial charge in [0.15, 0.2) is 0 Å². The van der Waals surface area contributed by atoms with Crippen LogP contribution in [-0.4, -0.2) is 15.9 Å². The van der Waals surface area contributed by atoms with Gasteiger partial charge in [-0.1, -0.05) is 17.7 Å². The highest BCUT2D eigenvalue weighted by Crippen LogP contribution is 2.21. The molecule has 0 aliphatic heterocycles. The highest BCUT2D eigenvalue weighted by Gasteiger charge is 2.08. The number of hydrogen-bond donors (Lipinski definition) is 2. The highest BCUT2D eigenvalue weighted by molar-refractivity contribution is 6.31.